The van der Waals surface area contributed by atoms with Gasteiger partial charge in [0, 0.05) is 32.7 Å². The van der Waals surface area contributed by atoms with Crippen LogP contribution in [0.15, 0.2) is 47.4 Å². The fourth-order valence-electron chi connectivity index (χ4n) is 3.40. The summed E-state index contributed by atoms with van der Waals surface area (Å²) in [5, 5.41) is 2.69. The first kappa shape index (κ1) is 22.7. The lowest BCUT2D eigenvalue weighted by molar-refractivity contribution is -0.126. The van der Waals surface area contributed by atoms with Gasteiger partial charge in [-0.05, 0) is 42.2 Å². The quantitative estimate of drug-likeness (QED) is 0.696. The number of carbonyl (C=O) groups excluding carboxylic acids is 1. The van der Waals surface area contributed by atoms with Crippen molar-refractivity contribution in [1.29, 1.82) is 0 Å². The molecule has 0 unspecified atom stereocenters. The summed E-state index contributed by atoms with van der Waals surface area (Å²) in [6, 6.07) is 11.1. The SMILES string of the molecule is COCc1ccc(CNC(=O)C2CCN(S(=O)(=O)c3ccc(F)c(Cl)c3)CC2)cc1. The first-order chi connectivity index (χ1) is 14.3. The van der Waals surface area contributed by atoms with E-state index in [-0.39, 0.29) is 34.8 Å². The smallest absolute Gasteiger partial charge is 0.243 e. The number of halogens is 2. The second kappa shape index (κ2) is 9.87. The summed E-state index contributed by atoms with van der Waals surface area (Å²) < 4.78 is 45.2. The Balaban J connectivity index is 1.53. The van der Waals surface area contributed by atoms with Gasteiger partial charge in [0.15, 0.2) is 0 Å². The molecule has 0 bridgehead atoms. The summed E-state index contributed by atoms with van der Waals surface area (Å²) in [4.78, 5) is 12.4. The van der Waals surface area contributed by atoms with Gasteiger partial charge in [-0.1, -0.05) is 35.9 Å². The molecule has 0 spiro atoms. The summed E-state index contributed by atoms with van der Waals surface area (Å²) in [5.41, 5.74) is 2.04. The summed E-state index contributed by atoms with van der Waals surface area (Å²) in [5.74, 6) is -1.00. The van der Waals surface area contributed by atoms with Crippen LogP contribution in [0.2, 0.25) is 5.02 Å². The fraction of sp³-hybridized carbons (Fsp3) is 0.381. The molecule has 30 heavy (non-hydrogen) atoms. The van der Waals surface area contributed by atoms with Crippen LogP contribution in [-0.4, -0.2) is 38.8 Å². The zero-order chi connectivity index (χ0) is 21.7. The van der Waals surface area contributed by atoms with Crippen molar-refractivity contribution in [3.8, 4) is 0 Å². The highest BCUT2D eigenvalue weighted by atomic mass is 35.5. The number of methoxy groups -OCH3 is 1. The minimum Gasteiger partial charge on any atom is -0.380 e. The molecule has 1 heterocycles. The van der Waals surface area contributed by atoms with Gasteiger partial charge in [0.1, 0.15) is 5.82 Å². The van der Waals surface area contributed by atoms with E-state index in [2.05, 4.69) is 5.32 Å². The maximum absolute atomic E-state index is 13.3. The van der Waals surface area contributed by atoms with Gasteiger partial charge in [-0.25, -0.2) is 12.8 Å². The van der Waals surface area contributed by atoms with Gasteiger partial charge >= 0.3 is 0 Å². The lowest BCUT2D eigenvalue weighted by Gasteiger charge is -2.30. The van der Waals surface area contributed by atoms with Crippen LogP contribution < -0.4 is 5.32 Å². The Labute approximate surface area is 181 Å². The molecule has 2 aromatic rings. The Morgan fingerprint density at radius 1 is 1.17 bits per heavy atom. The van der Waals surface area contributed by atoms with Gasteiger partial charge in [0.05, 0.1) is 16.5 Å². The van der Waals surface area contributed by atoms with Crippen molar-refractivity contribution in [3.05, 3.63) is 64.4 Å². The first-order valence-electron chi connectivity index (χ1n) is 9.61. The average Bonchev–Trinajstić information content (AvgIpc) is 2.75. The largest absolute Gasteiger partial charge is 0.380 e. The van der Waals surface area contributed by atoms with Gasteiger partial charge in [0.25, 0.3) is 0 Å². The van der Waals surface area contributed by atoms with Crippen LogP contribution in [0.3, 0.4) is 0 Å². The second-order valence-electron chi connectivity index (χ2n) is 7.22. The zero-order valence-corrected chi connectivity index (χ0v) is 18.2. The van der Waals surface area contributed by atoms with Gasteiger partial charge in [-0.2, -0.15) is 4.31 Å². The predicted octanol–water partition coefficient (Wildman–Crippen LogP) is 3.34. The van der Waals surface area contributed by atoms with E-state index in [4.69, 9.17) is 16.3 Å². The molecule has 1 amide bonds. The third kappa shape index (κ3) is 5.37. The Bertz CT molecular complexity index is 991. The Hall–Kier alpha value is -2.00. The minimum absolute atomic E-state index is 0.0475. The molecule has 0 atom stereocenters. The summed E-state index contributed by atoms with van der Waals surface area (Å²) in [6.07, 6.45) is 0.847. The lowest BCUT2D eigenvalue weighted by Crippen LogP contribution is -2.42. The molecule has 1 fully saturated rings. The number of hydrogen-bond acceptors (Lipinski definition) is 4. The predicted molar refractivity (Wildman–Crippen MR) is 112 cm³/mol. The number of benzene rings is 2. The topological polar surface area (TPSA) is 75.7 Å². The van der Waals surface area contributed by atoms with Crippen molar-refractivity contribution in [2.75, 3.05) is 20.2 Å². The summed E-state index contributed by atoms with van der Waals surface area (Å²) in [6.45, 7) is 1.40. The van der Waals surface area contributed by atoms with E-state index in [1.165, 1.54) is 10.4 Å². The third-order valence-electron chi connectivity index (χ3n) is 5.15. The number of rotatable bonds is 7. The minimum atomic E-state index is -3.77. The Morgan fingerprint density at radius 2 is 1.80 bits per heavy atom. The van der Waals surface area contributed by atoms with Gasteiger partial charge < -0.3 is 10.1 Å². The monoisotopic (exact) mass is 454 g/mol. The van der Waals surface area contributed by atoms with Crippen molar-refractivity contribution in [2.45, 2.75) is 30.9 Å². The number of nitrogens with zero attached hydrogens (tertiary/aromatic N) is 1. The molecule has 0 saturated carbocycles. The maximum atomic E-state index is 13.3. The zero-order valence-electron chi connectivity index (χ0n) is 16.6. The van der Waals surface area contributed by atoms with Gasteiger partial charge in [-0.15, -0.1) is 0 Å². The molecule has 1 aliphatic heterocycles. The van der Waals surface area contributed by atoms with E-state index in [0.717, 1.165) is 23.3 Å². The van der Waals surface area contributed by atoms with Crippen LogP contribution in [0.25, 0.3) is 0 Å². The number of piperidine rings is 1. The molecule has 0 aliphatic carbocycles. The number of amides is 1. The highest BCUT2D eigenvalue weighted by Crippen LogP contribution is 2.26. The van der Waals surface area contributed by atoms with Gasteiger partial charge in [0.2, 0.25) is 15.9 Å². The van der Waals surface area contributed by atoms with E-state index in [1.807, 2.05) is 24.3 Å². The molecule has 1 aliphatic rings. The van der Waals surface area contributed by atoms with Crippen molar-refractivity contribution >= 4 is 27.5 Å². The van der Waals surface area contributed by atoms with E-state index in [1.54, 1.807) is 7.11 Å². The third-order valence-corrected chi connectivity index (χ3v) is 7.34. The Morgan fingerprint density at radius 3 is 2.40 bits per heavy atom. The summed E-state index contributed by atoms with van der Waals surface area (Å²) >= 11 is 5.72. The summed E-state index contributed by atoms with van der Waals surface area (Å²) in [7, 11) is -2.14. The molecule has 9 heteroatoms. The van der Waals surface area contributed by atoms with Crippen LogP contribution in [0, 0.1) is 11.7 Å². The fourth-order valence-corrected chi connectivity index (χ4v) is 5.14. The average molecular weight is 455 g/mol. The number of hydrogen-bond donors (Lipinski definition) is 1. The van der Waals surface area contributed by atoms with E-state index >= 15 is 0 Å². The van der Waals surface area contributed by atoms with E-state index in [9.17, 15) is 17.6 Å². The maximum Gasteiger partial charge on any atom is 0.243 e. The number of nitrogens with one attached hydrogen (secondary N) is 1. The lowest BCUT2D eigenvalue weighted by atomic mass is 9.97. The molecule has 0 aromatic heterocycles. The van der Waals surface area contributed by atoms with Gasteiger partial charge in [-0.3, -0.25) is 4.79 Å². The van der Waals surface area contributed by atoms with Crippen molar-refractivity contribution in [1.82, 2.24) is 9.62 Å². The van der Waals surface area contributed by atoms with Crippen molar-refractivity contribution in [3.63, 3.8) is 0 Å². The molecule has 6 nitrogen and oxygen atoms in total. The number of carbonyl (C=O) groups is 1. The van der Waals surface area contributed by atoms with Crippen LogP contribution in [0.1, 0.15) is 24.0 Å². The van der Waals surface area contributed by atoms with Crippen molar-refractivity contribution in [2.24, 2.45) is 5.92 Å². The van der Waals surface area contributed by atoms with Crippen LogP contribution in [0.5, 0.6) is 0 Å². The van der Waals surface area contributed by atoms with E-state index in [0.29, 0.717) is 26.0 Å². The standard InChI is InChI=1S/C21H24ClFN2O4S/c1-29-14-16-4-2-15(3-5-16)13-24-21(26)17-8-10-25(11-9-17)30(27,28)18-6-7-20(23)19(22)12-18/h2-7,12,17H,8-11,13-14H2,1H3,(H,24,26). The van der Waals surface area contributed by atoms with E-state index < -0.39 is 15.8 Å². The number of sulfonamides is 1. The molecule has 1 saturated heterocycles. The molecule has 0 radical (unpaired) electrons. The highest BCUT2D eigenvalue weighted by Gasteiger charge is 2.32. The molecule has 3 rings (SSSR count). The van der Waals surface area contributed by atoms with Crippen LogP contribution in [-0.2, 0) is 32.7 Å². The van der Waals surface area contributed by atoms with Crippen molar-refractivity contribution < 1.29 is 22.3 Å². The second-order valence-corrected chi connectivity index (χ2v) is 9.57. The van der Waals surface area contributed by atoms with Crippen LogP contribution >= 0.6 is 11.6 Å². The number of ether oxygens (including phenoxy) is 1. The molecule has 162 valence electrons. The Kier molecular flexibility index (Phi) is 7.46. The normalized spacial score (nSPS) is 15.8. The molecular weight excluding hydrogens is 431 g/mol. The molecular formula is C21H24ClFN2O4S. The highest BCUT2D eigenvalue weighted by molar-refractivity contribution is 7.89. The molecule has 2 aromatic carbocycles. The van der Waals surface area contributed by atoms with Crippen LogP contribution in [0.4, 0.5) is 4.39 Å². The first-order valence-corrected chi connectivity index (χ1v) is 11.4. The molecule has 1 N–H and O–H groups in total.